The van der Waals surface area contributed by atoms with Gasteiger partial charge in [0.25, 0.3) is 5.91 Å². The van der Waals surface area contributed by atoms with E-state index in [0.717, 1.165) is 37.4 Å². The van der Waals surface area contributed by atoms with E-state index in [0.29, 0.717) is 11.7 Å². The molecular weight excluding hydrogens is 380 g/mol. The van der Waals surface area contributed by atoms with Gasteiger partial charge in [-0.1, -0.05) is 43.3 Å². The first-order chi connectivity index (χ1) is 14.2. The van der Waals surface area contributed by atoms with E-state index < -0.39 is 0 Å². The molecule has 0 unspecified atom stereocenters. The van der Waals surface area contributed by atoms with Crippen molar-refractivity contribution < 1.29 is 4.79 Å². The SMILES string of the molecule is C[C@H]1CN(CCc2ccccc2)CC[C@H]1N(C(=O)c1cccs1)c1cnccn1. The smallest absolute Gasteiger partial charge is 0.269 e. The van der Waals surface area contributed by atoms with Gasteiger partial charge in [-0.2, -0.15) is 0 Å². The summed E-state index contributed by atoms with van der Waals surface area (Å²) in [6.45, 7) is 5.25. The second-order valence-corrected chi connectivity index (χ2v) is 8.53. The van der Waals surface area contributed by atoms with Crippen molar-refractivity contribution in [3.05, 3.63) is 76.9 Å². The van der Waals surface area contributed by atoms with E-state index in [9.17, 15) is 4.79 Å². The number of rotatable bonds is 6. The molecule has 1 aliphatic rings. The molecule has 0 radical (unpaired) electrons. The Morgan fingerprint density at radius 2 is 2.07 bits per heavy atom. The summed E-state index contributed by atoms with van der Waals surface area (Å²) < 4.78 is 0. The third kappa shape index (κ3) is 4.71. The Morgan fingerprint density at radius 3 is 2.76 bits per heavy atom. The molecule has 3 heterocycles. The third-order valence-corrected chi connectivity index (χ3v) is 6.44. The molecule has 4 rings (SSSR count). The summed E-state index contributed by atoms with van der Waals surface area (Å²) in [5.74, 6) is 1.01. The predicted octanol–water partition coefficient (Wildman–Crippen LogP) is 4.14. The number of thiophene rings is 1. The number of nitrogens with zero attached hydrogens (tertiary/aromatic N) is 4. The van der Waals surface area contributed by atoms with Crippen LogP contribution < -0.4 is 4.90 Å². The van der Waals surface area contributed by atoms with Gasteiger partial charge in [0.05, 0.1) is 11.1 Å². The second-order valence-electron chi connectivity index (χ2n) is 7.59. The van der Waals surface area contributed by atoms with Gasteiger partial charge in [-0.15, -0.1) is 11.3 Å². The highest BCUT2D eigenvalue weighted by molar-refractivity contribution is 7.12. The molecule has 5 nitrogen and oxygen atoms in total. The van der Waals surface area contributed by atoms with Gasteiger partial charge >= 0.3 is 0 Å². The van der Waals surface area contributed by atoms with E-state index in [1.807, 2.05) is 22.4 Å². The van der Waals surface area contributed by atoms with Crippen molar-refractivity contribution in [1.29, 1.82) is 0 Å². The third-order valence-electron chi connectivity index (χ3n) is 5.58. The van der Waals surface area contributed by atoms with Gasteiger partial charge in [0.2, 0.25) is 0 Å². The predicted molar refractivity (Wildman–Crippen MR) is 117 cm³/mol. The molecule has 2 aromatic heterocycles. The zero-order chi connectivity index (χ0) is 20.1. The molecule has 0 aliphatic carbocycles. The van der Waals surface area contributed by atoms with Crippen LogP contribution in [0.4, 0.5) is 5.82 Å². The van der Waals surface area contributed by atoms with Crippen LogP contribution in [-0.2, 0) is 6.42 Å². The van der Waals surface area contributed by atoms with Gasteiger partial charge in [-0.3, -0.25) is 14.7 Å². The Kier molecular flexibility index (Phi) is 6.32. The highest BCUT2D eigenvalue weighted by Crippen LogP contribution is 2.28. The lowest BCUT2D eigenvalue weighted by atomic mass is 9.91. The number of anilines is 1. The molecule has 6 heteroatoms. The molecule has 1 saturated heterocycles. The fourth-order valence-electron chi connectivity index (χ4n) is 4.10. The van der Waals surface area contributed by atoms with Crippen LogP contribution in [0.2, 0.25) is 0 Å². The zero-order valence-electron chi connectivity index (χ0n) is 16.6. The van der Waals surface area contributed by atoms with Gasteiger partial charge in [-0.25, -0.2) is 4.98 Å². The number of hydrogen-bond acceptors (Lipinski definition) is 5. The highest BCUT2D eigenvalue weighted by Gasteiger charge is 2.35. The maximum absolute atomic E-state index is 13.3. The molecular formula is C23H26N4OS. The summed E-state index contributed by atoms with van der Waals surface area (Å²) in [5, 5.41) is 1.94. The van der Waals surface area contributed by atoms with Crippen LogP contribution in [0, 0.1) is 5.92 Å². The lowest BCUT2D eigenvalue weighted by Gasteiger charge is -2.42. The van der Waals surface area contributed by atoms with E-state index in [1.165, 1.54) is 16.9 Å². The topological polar surface area (TPSA) is 49.3 Å². The molecule has 2 atom stereocenters. The Morgan fingerprint density at radius 1 is 1.21 bits per heavy atom. The Hall–Kier alpha value is -2.57. The fourth-order valence-corrected chi connectivity index (χ4v) is 4.76. The van der Waals surface area contributed by atoms with E-state index in [1.54, 1.807) is 18.6 Å². The zero-order valence-corrected chi connectivity index (χ0v) is 17.5. The van der Waals surface area contributed by atoms with Gasteiger partial charge < -0.3 is 4.90 Å². The first kappa shape index (κ1) is 19.7. The van der Waals surface area contributed by atoms with Crippen molar-refractivity contribution in [2.24, 2.45) is 5.92 Å². The molecule has 1 fully saturated rings. The number of piperidine rings is 1. The number of carbonyl (C=O) groups excluding carboxylic acids is 1. The average Bonchev–Trinajstić information content (AvgIpc) is 3.30. The molecule has 0 saturated carbocycles. The van der Waals surface area contributed by atoms with Crippen LogP contribution in [0.3, 0.4) is 0 Å². The number of likely N-dealkylation sites (tertiary alicyclic amines) is 1. The van der Waals surface area contributed by atoms with Crippen LogP contribution in [0.1, 0.15) is 28.6 Å². The number of amides is 1. The number of hydrogen-bond donors (Lipinski definition) is 0. The lowest BCUT2D eigenvalue weighted by Crippen LogP contribution is -2.53. The van der Waals surface area contributed by atoms with Crippen LogP contribution in [0.5, 0.6) is 0 Å². The molecule has 0 spiro atoms. The summed E-state index contributed by atoms with van der Waals surface area (Å²) in [5.41, 5.74) is 1.37. The summed E-state index contributed by atoms with van der Waals surface area (Å²) in [6.07, 6.45) is 6.99. The normalized spacial score (nSPS) is 19.8. The molecule has 29 heavy (non-hydrogen) atoms. The summed E-state index contributed by atoms with van der Waals surface area (Å²) in [6, 6.07) is 14.5. The molecule has 1 aliphatic heterocycles. The summed E-state index contributed by atoms with van der Waals surface area (Å²) in [7, 11) is 0. The summed E-state index contributed by atoms with van der Waals surface area (Å²) in [4.78, 5) is 27.1. The van der Waals surface area contributed by atoms with Crippen molar-refractivity contribution in [2.75, 3.05) is 24.5 Å². The minimum absolute atomic E-state index is 0.0232. The monoisotopic (exact) mass is 406 g/mol. The van der Waals surface area contributed by atoms with E-state index >= 15 is 0 Å². The van der Waals surface area contributed by atoms with Gasteiger partial charge in [0.1, 0.15) is 0 Å². The Bertz CT molecular complexity index is 901. The maximum Gasteiger partial charge on any atom is 0.269 e. The van der Waals surface area contributed by atoms with E-state index in [-0.39, 0.29) is 11.9 Å². The molecule has 0 N–H and O–H groups in total. The molecule has 1 amide bonds. The van der Waals surface area contributed by atoms with Crippen LogP contribution >= 0.6 is 11.3 Å². The standard InChI is InChI=1S/C23H26N4OS/c1-18-17-26(13-9-19-6-3-2-4-7-19)14-10-20(18)27(22-16-24-11-12-25-22)23(28)21-8-5-15-29-21/h2-8,11-12,15-16,18,20H,9-10,13-14,17H2,1H3/t18-,20+/m0/s1. The minimum Gasteiger partial charge on any atom is -0.303 e. The molecule has 150 valence electrons. The van der Waals surface area contributed by atoms with E-state index in [2.05, 4.69) is 52.1 Å². The van der Waals surface area contributed by atoms with Crippen molar-refractivity contribution in [3.8, 4) is 0 Å². The number of carbonyl (C=O) groups is 1. The first-order valence-corrected chi connectivity index (χ1v) is 11.0. The van der Waals surface area contributed by atoms with Gasteiger partial charge in [-0.05, 0) is 35.8 Å². The van der Waals surface area contributed by atoms with Crippen LogP contribution in [0.25, 0.3) is 0 Å². The van der Waals surface area contributed by atoms with Crippen molar-refractivity contribution >= 4 is 23.1 Å². The summed E-state index contributed by atoms with van der Waals surface area (Å²) >= 11 is 1.48. The molecule has 1 aromatic carbocycles. The van der Waals surface area contributed by atoms with Crippen LogP contribution in [-0.4, -0.2) is 46.5 Å². The first-order valence-electron chi connectivity index (χ1n) is 10.1. The van der Waals surface area contributed by atoms with Gasteiger partial charge in [0.15, 0.2) is 5.82 Å². The lowest BCUT2D eigenvalue weighted by molar-refractivity contribution is 0.0935. The Balaban J connectivity index is 1.47. The van der Waals surface area contributed by atoms with Crippen molar-refractivity contribution in [1.82, 2.24) is 14.9 Å². The maximum atomic E-state index is 13.3. The van der Waals surface area contributed by atoms with E-state index in [4.69, 9.17) is 0 Å². The number of benzene rings is 1. The molecule has 0 bridgehead atoms. The minimum atomic E-state index is 0.0232. The van der Waals surface area contributed by atoms with Crippen molar-refractivity contribution in [2.45, 2.75) is 25.8 Å². The Labute approximate surface area is 176 Å². The van der Waals surface area contributed by atoms with Gasteiger partial charge in [0, 0.05) is 38.1 Å². The quantitative estimate of drug-likeness (QED) is 0.617. The highest BCUT2D eigenvalue weighted by atomic mass is 32.1. The number of aromatic nitrogens is 2. The fraction of sp³-hybridized carbons (Fsp3) is 0.348. The second kappa shape index (κ2) is 9.29. The van der Waals surface area contributed by atoms with Crippen LogP contribution in [0.15, 0.2) is 66.4 Å². The van der Waals surface area contributed by atoms with Crippen molar-refractivity contribution in [3.63, 3.8) is 0 Å². The largest absolute Gasteiger partial charge is 0.303 e. The molecule has 3 aromatic rings. The average molecular weight is 407 g/mol.